The highest BCUT2D eigenvalue weighted by atomic mass is 32.2. The summed E-state index contributed by atoms with van der Waals surface area (Å²) in [5.41, 5.74) is 5.16. The van der Waals surface area contributed by atoms with Crippen LogP contribution in [-0.2, 0) is 19.6 Å². The van der Waals surface area contributed by atoms with Crippen molar-refractivity contribution in [1.82, 2.24) is 10.9 Å². The Hall–Kier alpha value is -4.18. The van der Waals surface area contributed by atoms with Gasteiger partial charge in [-0.1, -0.05) is 42.5 Å². The summed E-state index contributed by atoms with van der Waals surface area (Å²) in [6.45, 7) is 1.23. The van der Waals surface area contributed by atoms with Crippen LogP contribution in [0.4, 0.5) is 5.69 Å². The van der Waals surface area contributed by atoms with E-state index in [1.165, 1.54) is 28.6 Å². The number of rotatable bonds is 8. The SMILES string of the molecule is CCN(c1ccccc1)S(=O)(=O)c1cccc(C(=O)OCC(=O)NNC(=O)c2ccccc2)c1. The van der Waals surface area contributed by atoms with Crippen LogP contribution in [-0.4, -0.2) is 39.4 Å². The van der Waals surface area contributed by atoms with E-state index in [-0.39, 0.29) is 17.0 Å². The average molecular weight is 482 g/mol. The van der Waals surface area contributed by atoms with E-state index in [2.05, 4.69) is 10.9 Å². The second-order valence-corrected chi connectivity index (χ2v) is 8.84. The summed E-state index contributed by atoms with van der Waals surface area (Å²) in [4.78, 5) is 36.2. The molecular weight excluding hydrogens is 458 g/mol. The molecule has 0 spiro atoms. The Balaban J connectivity index is 1.62. The van der Waals surface area contributed by atoms with Gasteiger partial charge in [-0.25, -0.2) is 13.2 Å². The van der Waals surface area contributed by atoms with Crippen molar-refractivity contribution in [3.63, 3.8) is 0 Å². The first kappa shape index (κ1) is 24.5. The standard InChI is InChI=1S/C24H23N3O6S/c1-2-27(20-13-7-4-8-14-20)34(31,32)21-15-9-12-19(16-21)24(30)33-17-22(28)25-26-23(29)18-10-5-3-6-11-18/h3-16H,2,17H2,1H3,(H,25,28)(H,26,29). The number of hydrazine groups is 1. The Morgan fingerprint density at radius 2 is 1.44 bits per heavy atom. The second kappa shape index (κ2) is 11.1. The van der Waals surface area contributed by atoms with Crippen molar-refractivity contribution in [2.45, 2.75) is 11.8 Å². The number of nitrogens with zero attached hydrogens (tertiary/aromatic N) is 1. The fourth-order valence-corrected chi connectivity index (χ4v) is 4.56. The van der Waals surface area contributed by atoms with E-state index in [0.29, 0.717) is 11.3 Å². The largest absolute Gasteiger partial charge is 0.452 e. The van der Waals surface area contributed by atoms with Gasteiger partial charge in [0.2, 0.25) is 0 Å². The third-order valence-electron chi connectivity index (χ3n) is 4.67. The number of ether oxygens (including phenoxy) is 1. The monoisotopic (exact) mass is 481 g/mol. The van der Waals surface area contributed by atoms with Crippen LogP contribution in [0, 0.1) is 0 Å². The topological polar surface area (TPSA) is 122 Å². The van der Waals surface area contributed by atoms with Crippen molar-refractivity contribution in [3.05, 3.63) is 96.1 Å². The van der Waals surface area contributed by atoms with Gasteiger partial charge in [-0.05, 0) is 49.4 Å². The highest BCUT2D eigenvalue weighted by molar-refractivity contribution is 7.92. The van der Waals surface area contributed by atoms with Gasteiger partial charge in [0.1, 0.15) is 0 Å². The van der Waals surface area contributed by atoms with E-state index in [0.717, 1.165) is 0 Å². The molecule has 0 fully saturated rings. The molecule has 10 heteroatoms. The molecular formula is C24H23N3O6S. The predicted molar refractivity (Wildman–Crippen MR) is 125 cm³/mol. The summed E-state index contributed by atoms with van der Waals surface area (Å²) >= 11 is 0. The van der Waals surface area contributed by atoms with Crippen LogP contribution < -0.4 is 15.2 Å². The van der Waals surface area contributed by atoms with Crippen LogP contribution in [0.15, 0.2) is 89.8 Å². The molecule has 0 atom stereocenters. The Labute approximate surface area is 197 Å². The van der Waals surface area contributed by atoms with Gasteiger partial charge in [0.15, 0.2) is 6.61 Å². The molecule has 0 saturated carbocycles. The molecule has 0 heterocycles. The number of carbonyl (C=O) groups excluding carboxylic acids is 3. The smallest absolute Gasteiger partial charge is 0.338 e. The lowest BCUT2D eigenvalue weighted by molar-refractivity contribution is -0.125. The molecule has 3 aromatic rings. The molecule has 176 valence electrons. The molecule has 3 rings (SSSR count). The lowest BCUT2D eigenvalue weighted by Crippen LogP contribution is -2.43. The van der Waals surface area contributed by atoms with Crippen LogP contribution in [0.1, 0.15) is 27.6 Å². The van der Waals surface area contributed by atoms with Crippen molar-refractivity contribution >= 4 is 33.5 Å². The first-order chi connectivity index (χ1) is 16.3. The molecule has 2 amide bonds. The molecule has 0 unspecified atom stereocenters. The summed E-state index contributed by atoms with van der Waals surface area (Å²) in [7, 11) is -3.94. The molecule has 0 aliphatic carbocycles. The number of sulfonamides is 1. The van der Waals surface area contributed by atoms with Crippen LogP contribution in [0.5, 0.6) is 0 Å². The maximum Gasteiger partial charge on any atom is 0.338 e. The quantitative estimate of drug-likeness (QED) is 0.377. The number of para-hydroxylation sites is 1. The van der Waals surface area contributed by atoms with E-state index >= 15 is 0 Å². The minimum atomic E-state index is -3.94. The van der Waals surface area contributed by atoms with Gasteiger partial charge in [0.25, 0.3) is 21.8 Å². The van der Waals surface area contributed by atoms with Crippen molar-refractivity contribution in [2.24, 2.45) is 0 Å². The van der Waals surface area contributed by atoms with Crippen LogP contribution in [0.25, 0.3) is 0 Å². The highest BCUT2D eigenvalue weighted by Crippen LogP contribution is 2.24. The van der Waals surface area contributed by atoms with Gasteiger partial charge < -0.3 is 4.74 Å². The average Bonchev–Trinajstić information content (AvgIpc) is 2.87. The van der Waals surface area contributed by atoms with Crippen LogP contribution in [0.3, 0.4) is 0 Å². The molecule has 3 aromatic carbocycles. The van der Waals surface area contributed by atoms with E-state index in [1.54, 1.807) is 67.6 Å². The Morgan fingerprint density at radius 3 is 2.09 bits per heavy atom. The highest BCUT2D eigenvalue weighted by Gasteiger charge is 2.24. The van der Waals surface area contributed by atoms with Crippen LogP contribution in [0.2, 0.25) is 0 Å². The number of anilines is 1. The zero-order valence-electron chi connectivity index (χ0n) is 18.3. The molecule has 2 N–H and O–H groups in total. The summed E-state index contributed by atoms with van der Waals surface area (Å²) in [5.74, 6) is -2.18. The maximum absolute atomic E-state index is 13.1. The zero-order chi connectivity index (χ0) is 24.6. The Kier molecular flexibility index (Phi) is 7.99. The van der Waals surface area contributed by atoms with E-state index < -0.39 is 34.4 Å². The number of esters is 1. The van der Waals surface area contributed by atoms with Gasteiger partial charge in [-0.3, -0.25) is 24.7 Å². The summed E-state index contributed by atoms with van der Waals surface area (Å²) < 4.78 is 32.5. The van der Waals surface area contributed by atoms with Crippen molar-refractivity contribution in [3.8, 4) is 0 Å². The first-order valence-electron chi connectivity index (χ1n) is 10.3. The number of carbonyl (C=O) groups is 3. The molecule has 0 bridgehead atoms. The van der Waals surface area contributed by atoms with Gasteiger partial charge >= 0.3 is 5.97 Å². The number of hydrogen-bond acceptors (Lipinski definition) is 6. The third-order valence-corrected chi connectivity index (χ3v) is 6.57. The minimum Gasteiger partial charge on any atom is -0.452 e. The normalized spacial score (nSPS) is 10.7. The van der Waals surface area contributed by atoms with Gasteiger partial charge in [-0.2, -0.15) is 0 Å². The number of amides is 2. The molecule has 34 heavy (non-hydrogen) atoms. The van der Waals surface area contributed by atoms with Crippen LogP contribution >= 0.6 is 0 Å². The Bertz CT molecular complexity index is 1260. The molecule has 0 radical (unpaired) electrons. The van der Waals surface area contributed by atoms with E-state index in [9.17, 15) is 22.8 Å². The predicted octanol–water partition coefficient (Wildman–Crippen LogP) is 2.52. The van der Waals surface area contributed by atoms with E-state index in [1.807, 2.05) is 0 Å². The molecule has 9 nitrogen and oxygen atoms in total. The molecule has 0 aliphatic rings. The van der Waals surface area contributed by atoms with Crippen molar-refractivity contribution < 1.29 is 27.5 Å². The number of benzene rings is 3. The second-order valence-electron chi connectivity index (χ2n) is 6.98. The van der Waals surface area contributed by atoms with Crippen molar-refractivity contribution in [1.29, 1.82) is 0 Å². The summed E-state index contributed by atoms with van der Waals surface area (Å²) in [5, 5.41) is 0. The summed E-state index contributed by atoms with van der Waals surface area (Å²) in [6.07, 6.45) is 0. The molecule has 0 aliphatic heterocycles. The Morgan fingerprint density at radius 1 is 0.824 bits per heavy atom. The minimum absolute atomic E-state index is 0.0358. The van der Waals surface area contributed by atoms with E-state index in [4.69, 9.17) is 4.74 Å². The fourth-order valence-electron chi connectivity index (χ4n) is 3.04. The number of nitrogens with one attached hydrogen (secondary N) is 2. The zero-order valence-corrected chi connectivity index (χ0v) is 19.1. The summed E-state index contributed by atoms with van der Waals surface area (Å²) in [6, 6.07) is 22.2. The molecule has 0 saturated heterocycles. The maximum atomic E-state index is 13.1. The molecule has 0 aromatic heterocycles. The number of hydrogen-bond donors (Lipinski definition) is 2. The lowest BCUT2D eigenvalue weighted by atomic mass is 10.2. The lowest BCUT2D eigenvalue weighted by Gasteiger charge is -2.23. The van der Waals surface area contributed by atoms with Gasteiger partial charge in [0, 0.05) is 12.1 Å². The van der Waals surface area contributed by atoms with Gasteiger partial charge in [-0.15, -0.1) is 0 Å². The van der Waals surface area contributed by atoms with Gasteiger partial charge in [0.05, 0.1) is 16.1 Å². The van der Waals surface area contributed by atoms with Crippen molar-refractivity contribution in [2.75, 3.05) is 17.5 Å². The first-order valence-corrected chi connectivity index (χ1v) is 11.8. The third kappa shape index (κ3) is 5.99. The fraction of sp³-hybridized carbons (Fsp3) is 0.125.